The van der Waals surface area contributed by atoms with E-state index in [9.17, 15) is 0 Å². The average molecular weight is 193 g/mol. The van der Waals surface area contributed by atoms with Gasteiger partial charge in [0.1, 0.15) is 0 Å². The molecule has 1 N–H and O–H groups in total. The summed E-state index contributed by atoms with van der Waals surface area (Å²) in [5, 5.41) is 7.62. The molecule has 1 aliphatic carbocycles. The van der Waals surface area contributed by atoms with Crippen LogP contribution in [0.15, 0.2) is 12.4 Å². The molecule has 1 aliphatic rings. The number of nitrogens with one attached hydrogen (secondary N) is 1. The molecule has 3 heteroatoms. The van der Waals surface area contributed by atoms with Crippen molar-refractivity contribution < 1.29 is 0 Å². The highest BCUT2D eigenvalue weighted by Gasteiger charge is 2.25. The smallest absolute Gasteiger partial charge is 0.0521 e. The zero-order valence-electron chi connectivity index (χ0n) is 9.03. The maximum absolute atomic E-state index is 4.21. The number of rotatable bonds is 3. The summed E-state index contributed by atoms with van der Waals surface area (Å²) in [5.41, 5.74) is 1.37. The molecule has 0 spiro atoms. The van der Waals surface area contributed by atoms with E-state index in [1.165, 1.54) is 31.2 Å². The molecule has 14 heavy (non-hydrogen) atoms. The van der Waals surface area contributed by atoms with Crippen molar-refractivity contribution in [2.75, 3.05) is 7.05 Å². The second-order valence-electron chi connectivity index (χ2n) is 4.31. The minimum Gasteiger partial charge on any atom is -0.317 e. The van der Waals surface area contributed by atoms with Crippen molar-refractivity contribution in [3.8, 4) is 0 Å². The molecule has 3 nitrogen and oxygen atoms in total. The summed E-state index contributed by atoms with van der Waals surface area (Å²) >= 11 is 0. The van der Waals surface area contributed by atoms with Crippen molar-refractivity contribution in [2.45, 2.75) is 31.7 Å². The highest BCUT2D eigenvalue weighted by Crippen LogP contribution is 2.28. The van der Waals surface area contributed by atoms with E-state index in [1.807, 2.05) is 17.9 Å². The Bertz CT molecular complexity index is 292. The number of hydrogen-bond donors (Lipinski definition) is 1. The maximum atomic E-state index is 4.21. The average Bonchev–Trinajstić information content (AvgIpc) is 2.76. The Balaban J connectivity index is 1.96. The molecule has 78 valence electrons. The number of aryl methyl sites for hydroxylation is 1. The predicted octanol–water partition coefficient (Wildman–Crippen LogP) is 1.35. The third-order valence-electron chi connectivity index (χ3n) is 3.29. The van der Waals surface area contributed by atoms with E-state index in [4.69, 9.17) is 0 Å². The fourth-order valence-corrected chi connectivity index (χ4v) is 2.54. The van der Waals surface area contributed by atoms with Gasteiger partial charge in [-0.15, -0.1) is 0 Å². The molecular weight excluding hydrogens is 174 g/mol. The normalized spacial score (nSPS) is 27.0. The van der Waals surface area contributed by atoms with E-state index in [1.54, 1.807) is 0 Å². The monoisotopic (exact) mass is 193 g/mol. The molecule has 1 fully saturated rings. The molecule has 0 aromatic carbocycles. The lowest BCUT2D eigenvalue weighted by molar-refractivity contribution is 0.423. The van der Waals surface area contributed by atoms with Crippen LogP contribution in [0, 0.1) is 5.92 Å². The van der Waals surface area contributed by atoms with Gasteiger partial charge in [-0.25, -0.2) is 0 Å². The van der Waals surface area contributed by atoms with Crippen LogP contribution < -0.4 is 5.32 Å². The quantitative estimate of drug-likeness (QED) is 0.785. The highest BCUT2D eigenvalue weighted by atomic mass is 15.2. The van der Waals surface area contributed by atoms with Crippen LogP contribution in [-0.2, 0) is 13.5 Å². The zero-order valence-corrected chi connectivity index (χ0v) is 9.03. The Morgan fingerprint density at radius 1 is 1.57 bits per heavy atom. The Labute approximate surface area is 85.5 Å². The summed E-state index contributed by atoms with van der Waals surface area (Å²) in [6, 6.07) is 0.718. The fraction of sp³-hybridized carbons (Fsp3) is 0.727. The summed E-state index contributed by atoms with van der Waals surface area (Å²) in [5.74, 6) is 0.809. The van der Waals surface area contributed by atoms with E-state index < -0.39 is 0 Å². The van der Waals surface area contributed by atoms with E-state index in [0.29, 0.717) is 0 Å². The van der Waals surface area contributed by atoms with Gasteiger partial charge in [0.05, 0.1) is 6.20 Å². The number of aromatic nitrogens is 2. The Kier molecular flexibility index (Phi) is 2.87. The first kappa shape index (κ1) is 9.71. The van der Waals surface area contributed by atoms with Crippen LogP contribution in [0.1, 0.15) is 24.8 Å². The summed E-state index contributed by atoms with van der Waals surface area (Å²) in [4.78, 5) is 0. The molecular formula is C11H19N3. The van der Waals surface area contributed by atoms with Crippen LogP contribution in [0.5, 0.6) is 0 Å². The topological polar surface area (TPSA) is 29.9 Å². The maximum Gasteiger partial charge on any atom is 0.0521 e. The van der Waals surface area contributed by atoms with Crippen LogP contribution in [-0.4, -0.2) is 22.9 Å². The molecule has 1 saturated carbocycles. The van der Waals surface area contributed by atoms with Crippen LogP contribution in [0.4, 0.5) is 0 Å². The van der Waals surface area contributed by atoms with Gasteiger partial charge in [-0.2, -0.15) is 5.10 Å². The molecule has 0 radical (unpaired) electrons. The second kappa shape index (κ2) is 4.13. The molecule has 1 heterocycles. The van der Waals surface area contributed by atoms with Crippen molar-refractivity contribution in [3.05, 3.63) is 18.0 Å². The lowest BCUT2D eigenvalue weighted by Crippen LogP contribution is -2.29. The Hall–Kier alpha value is -0.830. The van der Waals surface area contributed by atoms with E-state index in [2.05, 4.69) is 23.7 Å². The van der Waals surface area contributed by atoms with Crippen LogP contribution >= 0.6 is 0 Å². The molecule has 0 aliphatic heterocycles. The predicted molar refractivity (Wildman–Crippen MR) is 57.1 cm³/mol. The Morgan fingerprint density at radius 2 is 2.43 bits per heavy atom. The van der Waals surface area contributed by atoms with Crippen molar-refractivity contribution >= 4 is 0 Å². The first-order valence-electron chi connectivity index (χ1n) is 5.44. The minimum atomic E-state index is 0.718. The van der Waals surface area contributed by atoms with E-state index >= 15 is 0 Å². The first-order valence-corrected chi connectivity index (χ1v) is 5.44. The molecule has 0 saturated heterocycles. The SMILES string of the molecule is CNC1CCCC1Cc1cnn(C)c1. The van der Waals surface area contributed by atoms with Gasteiger partial charge in [-0.05, 0) is 37.8 Å². The standard InChI is InChI=1S/C11H19N3/c1-12-11-5-3-4-10(11)6-9-7-13-14(2)8-9/h7-8,10-12H,3-6H2,1-2H3. The van der Waals surface area contributed by atoms with Crippen LogP contribution in [0.2, 0.25) is 0 Å². The summed E-state index contributed by atoms with van der Waals surface area (Å²) in [6.45, 7) is 0. The summed E-state index contributed by atoms with van der Waals surface area (Å²) in [7, 11) is 4.06. The van der Waals surface area contributed by atoms with Gasteiger partial charge < -0.3 is 5.32 Å². The highest BCUT2D eigenvalue weighted by molar-refractivity contribution is 5.06. The van der Waals surface area contributed by atoms with Gasteiger partial charge in [0.15, 0.2) is 0 Å². The van der Waals surface area contributed by atoms with Crippen molar-refractivity contribution in [2.24, 2.45) is 13.0 Å². The second-order valence-corrected chi connectivity index (χ2v) is 4.31. The lowest BCUT2D eigenvalue weighted by Gasteiger charge is -2.17. The van der Waals surface area contributed by atoms with Crippen molar-refractivity contribution in [1.29, 1.82) is 0 Å². The van der Waals surface area contributed by atoms with Gasteiger partial charge in [-0.1, -0.05) is 6.42 Å². The molecule has 1 aromatic rings. The molecule has 2 rings (SSSR count). The lowest BCUT2D eigenvalue weighted by atomic mass is 9.96. The van der Waals surface area contributed by atoms with E-state index in [0.717, 1.165) is 12.0 Å². The largest absolute Gasteiger partial charge is 0.317 e. The summed E-state index contributed by atoms with van der Waals surface area (Å²) < 4.78 is 1.89. The third kappa shape index (κ3) is 1.98. The van der Waals surface area contributed by atoms with Crippen molar-refractivity contribution in [1.82, 2.24) is 15.1 Å². The van der Waals surface area contributed by atoms with E-state index in [-0.39, 0.29) is 0 Å². The molecule has 1 aromatic heterocycles. The summed E-state index contributed by atoms with van der Waals surface area (Å²) in [6.07, 6.45) is 9.37. The molecule has 0 bridgehead atoms. The fourth-order valence-electron chi connectivity index (χ4n) is 2.54. The Morgan fingerprint density at radius 3 is 3.07 bits per heavy atom. The van der Waals surface area contributed by atoms with Gasteiger partial charge in [0.25, 0.3) is 0 Å². The van der Waals surface area contributed by atoms with Gasteiger partial charge in [0.2, 0.25) is 0 Å². The van der Waals surface area contributed by atoms with Gasteiger partial charge in [0, 0.05) is 19.3 Å². The molecule has 2 atom stereocenters. The van der Waals surface area contributed by atoms with Crippen LogP contribution in [0.25, 0.3) is 0 Å². The third-order valence-corrected chi connectivity index (χ3v) is 3.29. The molecule has 0 amide bonds. The van der Waals surface area contributed by atoms with Crippen LogP contribution in [0.3, 0.4) is 0 Å². The first-order chi connectivity index (χ1) is 6.79. The zero-order chi connectivity index (χ0) is 9.97. The van der Waals surface area contributed by atoms with Crippen molar-refractivity contribution in [3.63, 3.8) is 0 Å². The number of nitrogens with zero attached hydrogens (tertiary/aromatic N) is 2. The molecule has 2 unspecified atom stereocenters. The van der Waals surface area contributed by atoms with Gasteiger partial charge in [-0.3, -0.25) is 4.68 Å². The number of hydrogen-bond acceptors (Lipinski definition) is 2. The van der Waals surface area contributed by atoms with Gasteiger partial charge >= 0.3 is 0 Å². The minimum absolute atomic E-state index is 0.718.